The van der Waals surface area contributed by atoms with E-state index in [4.69, 9.17) is 16.3 Å². The number of benzene rings is 1. The van der Waals surface area contributed by atoms with E-state index in [0.717, 1.165) is 44.1 Å². The first-order chi connectivity index (χ1) is 12.7. The number of halogens is 1. The molecule has 1 fully saturated rings. The Morgan fingerprint density at radius 3 is 2.85 bits per heavy atom. The van der Waals surface area contributed by atoms with Crippen molar-refractivity contribution in [3.8, 4) is 0 Å². The third-order valence-corrected chi connectivity index (χ3v) is 5.14. The molecule has 26 heavy (non-hydrogen) atoms. The highest BCUT2D eigenvalue weighted by molar-refractivity contribution is 6.31. The molecule has 1 aromatic carbocycles. The van der Waals surface area contributed by atoms with E-state index >= 15 is 0 Å². The highest BCUT2D eigenvalue weighted by atomic mass is 35.5. The Kier molecular flexibility index (Phi) is 7.21. The number of hydrogen-bond acceptors (Lipinski definition) is 4. The lowest BCUT2D eigenvalue weighted by atomic mass is 9.97. The molecule has 0 aromatic heterocycles. The molecule has 5 nitrogen and oxygen atoms in total. The van der Waals surface area contributed by atoms with Gasteiger partial charge in [0, 0.05) is 24.7 Å². The summed E-state index contributed by atoms with van der Waals surface area (Å²) in [7, 11) is 0. The molecule has 2 N–H and O–H groups in total. The van der Waals surface area contributed by atoms with Crippen molar-refractivity contribution in [1.82, 2.24) is 5.32 Å². The second-order valence-corrected chi connectivity index (χ2v) is 7.26. The number of allylic oxidation sites excluding steroid dienone is 1. The molecule has 6 heteroatoms. The summed E-state index contributed by atoms with van der Waals surface area (Å²) < 4.78 is 5.42. The molecule has 1 aliphatic heterocycles. The van der Waals surface area contributed by atoms with E-state index in [-0.39, 0.29) is 12.5 Å². The van der Waals surface area contributed by atoms with E-state index in [9.17, 15) is 4.79 Å². The summed E-state index contributed by atoms with van der Waals surface area (Å²) in [5.74, 6) is 0.00862. The van der Waals surface area contributed by atoms with Crippen LogP contribution in [-0.4, -0.2) is 45.3 Å². The zero-order chi connectivity index (χ0) is 18.2. The molecule has 0 atom stereocenters. The fourth-order valence-corrected chi connectivity index (χ4v) is 3.63. The van der Waals surface area contributed by atoms with E-state index in [2.05, 4.69) is 21.6 Å². The lowest BCUT2D eigenvalue weighted by Gasteiger charge is -2.30. The normalized spacial score (nSPS) is 17.6. The van der Waals surface area contributed by atoms with Crippen LogP contribution in [0.1, 0.15) is 32.1 Å². The Hall–Kier alpha value is -1.72. The summed E-state index contributed by atoms with van der Waals surface area (Å²) in [5, 5.41) is 6.91. The van der Waals surface area contributed by atoms with Crippen molar-refractivity contribution >= 4 is 28.9 Å². The van der Waals surface area contributed by atoms with E-state index in [0.29, 0.717) is 11.6 Å². The number of nitrogens with zero attached hydrogens (tertiary/aromatic N) is 1. The van der Waals surface area contributed by atoms with Crippen LogP contribution in [0.5, 0.6) is 0 Å². The van der Waals surface area contributed by atoms with Gasteiger partial charge in [0.25, 0.3) is 0 Å². The van der Waals surface area contributed by atoms with Crippen LogP contribution in [0.4, 0.5) is 11.4 Å². The number of carbonyl (C=O) groups excluding carboxylic acids is 1. The molecule has 0 spiro atoms. The molecule has 0 radical (unpaired) electrons. The number of morpholine rings is 1. The van der Waals surface area contributed by atoms with Gasteiger partial charge in [-0.3, -0.25) is 4.79 Å². The van der Waals surface area contributed by atoms with Crippen LogP contribution in [0, 0.1) is 0 Å². The van der Waals surface area contributed by atoms with Crippen molar-refractivity contribution in [3.05, 3.63) is 34.9 Å². The van der Waals surface area contributed by atoms with Gasteiger partial charge in [0.1, 0.15) is 0 Å². The maximum atomic E-state index is 12.2. The van der Waals surface area contributed by atoms with Crippen LogP contribution in [0.2, 0.25) is 5.02 Å². The fourth-order valence-electron chi connectivity index (χ4n) is 3.46. The molecule has 0 saturated carbocycles. The molecule has 1 aromatic rings. The van der Waals surface area contributed by atoms with Crippen molar-refractivity contribution in [2.75, 3.05) is 49.6 Å². The third-order valence-electron chi connectivity index (χ3n) is 4.90. The van der Waals surface area contributed by atoms with Crippen LogP contribution >= 0.6 is 11.6 Å². The average Bonchev–Trinajstić information content (AvgIpc) is 2.68. The maximum absolute atomic E-state index is 12.2. The smallest absolute Gasteiger partial charge is 0.239 e. The number of rotatable bonds is 7. The number of ether oxygens (including phenoxy) is 1. The predicted octanol–water partition coefficient (Wildman–Crippen LogP) is 3.60. The monoisotopic (exact) mass is 377 g/mol. The quantitative estimate of drug-likeness (QED) is 0.713. The van der Waals surface area contributed by atoms with Crippen molar-refractivity contribution in [2.24, 2.45) is 0 Å². The molecule has 1 heterocycles. The van der Waals surface area contributed by atoms with E-state index in [1.54, 1.807) is 0 Å². The van der Waals surface area contributed by atoms with Gasteiger partial charge in [-0.15, -0.1) is 0 Å². The first-order valence-electron chi connectivity index (χ1n) is 9.53. The van der Waals surface area contributed by atoms with Crippen LogP contribution in [0.15, 0.2) is 29.8 Å². The number of nitrogens with one attached hydrogen (secondary N) is 2. The summed E-state index contributed by atoms with van der Waals surface area (Å²) in [5.41, 5.74) is 3.44. The van der Waals surface area contributed by atoms with E-state index in [1.165, 1.54) is 31.3 Å². The van der Waals surface area contributed by atoms with Crippen molar-refractivity contribution in [2.45, 2.75) is 32.1 Å². The van der Waals surface area contributed by atoms with Crippen molar-refractivity contribution in [3.63, 3.8) is 0 Å². The Balaban J connectivity index is 1.49. The van der Waals surface area contributed by atoms with Gasteiger partial charge in [-0.2, -0.15) is 0 Å². The molecule has 1 amide bonds. The summed E-state index contributed by atoms with van der Waals surface area (Å²) in [6.45, 7) is 4.08. The zero-order valence-corrected chi connectivity index (χ0v) is 16.0. The SMILES string of the molecule is O=C(CNc1cc(Cl)ccc1N1CCOCC1)NCCC1=CCCCC1. The Labute approximate surface area is 160 Å². The lowest BCUT2D eigenvalue weighted by molar-refractivity contribution is -0.119. The number of carbonyl (C=O) groups is 1. The fraction of sp³-hybridized carbons (Fsp3) is 0.550. The molecule has 0 unspecified atom stereocenters. The number of hydrogen-bond donors (Lipinski definition) is 2. The number of amides is 1. The first kappa shape index (κ1) is 19.1. The van der Waals surface area contributed by atoms with Crippen molar-refractivity contribution in [1.29, 1.82) is 0 Å². The Morgan fingerprint density at radius 2 is 2.08 bits per heavy atom. The van der Waals surface area contributed by atoms with E-state index in [1.807, 2.05) is 18.2 Å². The number of anilines is 2. The highest BCUT2D eigenvalue weighted by Crippen LogP contribution is 2.29. The lowest BCUT2D eigenvalue weighted by Crippen LogP contribution is -2.37. The molecule has 1 saturated heterocycles. The van der Waals surface area contributed by atoms with Crippen molar-refractivity contribution < 1.29 is 9.53 Å². The van der Waals surface area contributed by atoms with Gasteiger partial charge in [-0.25, -0.2) is 0 Å². The minimum atomic E-state index is 0.00862. The predicted molar refractivity (Wildman–Crippen MR) is 107 cm³/mol. The van der Waals surface area contributed by atoms with Crippen LogP contribution < -0.4 is 15.5 Å². The summed E-state index contributed by atoms with van der Waals surface area (Å²) in [4.78, 5) is 14.4. The van der Waals surface area contributed by atoms with Gasteiger partial charge in [0.2, 0.25) is 5.91 Å². The maximum Gasteiger partial charge on any atom is 0.239 e. The van der Waals surface area contributed by atoms with Gasteiger partial charge in [-0.1, -0.05) is 23.3 Å². The van der Waals surface area contributed by atoms with Crippen LogP contribution in [-0.2, 0) is 9.53 Å². The summed E-state index contributed by atoms with van der Waals surface area (Å²) in [6, 6.07) is 5.77. The highest BCUT2D eigenvalue weighted by Gasteiger charge is 2.15. The minimum Gasteiger partial charge on any atom is -0.378 e. The van der Waals surface area contributed by atoms with Gasteiger partial charge in [0.05, 0.1) is 31.1 Å². The second kappa shape index (κ2) is 9.83. The molecular weight excluding hydrogens is 350 g/mol. The minimum absolute atomic E-state index is 0.00862. The van der Waals surface area contributed by atoms with Gasteiger partial charge < -0.3 is 20.3 Å². The summed E-state index contributed by atoms with van der Waals surface area (Å²) in [6.07, 6.45) is 8.23. The third kappa shape index (κ3) is 5.64. The van der Waals surface area contributed by atoms with Gasteiger partial charge >= 0.3 is 0 Å². The van der Waals surface area contributed by atoms with Crippen LogP contribution in [0.3, 0.4) is 0 Å². The molecule has 0 bridgehead atoms. The molecule has 3 rings (SSSR count). The molecule has 142 valence electrons. The molecule has 2 aliphatic rings. The van der Waals surface area contributed by atoms with Gasteiger partial charge in [-0.05, 0) is 50.3 Å². The second-order valence-electron chi connectivity index (χ2n) is 6.82. The average molecular weight is 378 g/mol. The molecular formula is C20H28ClN3O2. The Bertz CT molecular complexity index is 642. The standard InChI is InChI=1S/C20H28ClN3O2/c21-17-6-7-19(24-10-12-26-13-11-24)18(14-17)23-15-20(25)22-9-8-16-4-2-1-3-5-16/h4,6-7,14,23H,1-3,5,8-13,15H2,(H,22,25). The topological polar surface area (TPSA) is 53.6 Å². The largest absolute Gasteiger partial charge is 0.378 e. The zero-order valence-electron chi connectivity index (χ0n) is 15.2. The summed E-state index contributed by atoms with van der Waals surface area (Å²) >= 11 is 6.15. The van der Waals surface area contributed by atoms with E-state index < -0.39 is 0 Å². The molecule has 1 aliphatic carbocycles. The van der Waals surface area contributed by atoms with Gasteiger partial charge in [0.15, 0.2) is 0 Å². The van der Waals surface area contributed by atoms with Crippen LogP contribution in [0.25, 0.3) is 0 Å². The first-order valence-corrected chi connectivity index (χ1v) is 9.91. The Morgan fingerprint density at radius 1 is 1.23 bits per heavy atom.